The van der Waals surface area contributed by atoms with Gasteiger partial charge in [-0.1, -0.05) is 48.5 Å². The fraction of sp³-hybridized carbons (Fsp3) is 0.391. The zero-order valence-electron chi connectivity index (χ0n) is 16.4. The average molecular weight is 377 g/mol. The highest BCUT2D eigenvalue weighted by atomic mass is 16.2. The molecular formula is C23H27N3O2. The number of rotatable bonds is 4. The minimum absolute atomic E-state index is 0.119. The first kappa shape index (κ1) is 18.7. The summed E-state index contributed by atoms with van der Waals surface area (Å²) in [6.45, 7) is 2.47. The quantitative estimate of drug-likeness (QED) is 0.823. The van der Waals surface area contributed by atoms with E-state index in [-0.39, 0.29) is 17.4 Å². The SMILES string of the molecule is CN1CC(=O)N(c2ccccc2)C[C@@]12CCN(C(=O)CCc1ccccc1)C2. The number of hydrogen-bond acceptors (Lipinski definition) is 3. The Labute approximate surface area is 166 Å². The highest BCUT2D eigenvalue weighted by Gasteiger charge is 2.48. The van der Waals surface area contributed by atoms with Crippen molar-refractivity contribution in [2.24, 2.45) is 0 Å². The molecule has 2 aromatic rings. The first-order valence-electron chi connectivity index (χ1n) is 9.96. The molecule has 28 heavy (non-hydrogen) atoms. The second-order valence-corrected chi connectivity index (χ2v) is 7.95. The number of nitrogens with zero attached hydrogens (tertiary/aromatic N) is 3. The van der Waals surface area contributed by atoms with Crippen LogP contribution in [0.3, 0.4) is 0 Å². The van der Waals surface area contributed by atoms with E-state index in [0.29, 0.717) is 26.1 Å². The molecule has 0 radical (unpaired) electrons. The van der Waals surface area contributed by atoms with Gasteiger partial charge in [-0.2, -0.15) is 0 Å². The maximum Gasteiger partial charge on any atom is 0.241 e. The predicted molar refractivity (Wildman–Crippen MR) is 110 cm³/mol. The Balaban J connectivity index is 1.43. The summed E-state index contributed by atoms with van der Waals surface area (Å²) in [5.41, 5.74) is 1.97. The number of aryl methyl sites for hydroxylation is 1. The van der Waals surface area contributed by atoms with Crippen molar-refractivity contribution >= 4 is 17.5 Å². The lowest BCUT2D eigenvalue weighted by molar-refractivity contribution is -0.130. The number of para-hydroxylation sites is 1. The van der Waals surface area contributed by atoms with Crippen molar-refractivity contribution < 1.29 is 9.59 Å². The van der Waals surface area contributed by atoms with E-state index in [1.54, 1.807) is 0 Å². The lowest BCUT2D eigenvalue weighted by Crippen LogP contribution is -2.64. The van der Waals surface area contributed by atoms with Crippen LogP contribution in [-0.2, 0) is 16.0 Å². The molecule has 0 aromatic heterocycles. The minimum atomic E-state index is -0.161. The molecule has 1 atom stereocenters. The van der Waals surface area contributed by atoms with E-state index < -0.39 is 0 Å². The van der Waals surface area contributed by atoms with Crippen LogP contribution in [0.2, 0.25) is 0 Å². The topological polar surface area (TPSA) is 43.9 Å². The lowest BCUT2D eigenvalue weighted by atomic mass is 9.92. The van der Waals surface area contributed by atoms with E-state index in [1.165, 1.54) is 5.56 Å². The largest absolute Gasteiger partial charge is 0.341 e. The van der Waals surface area contributed by atoms with Crippen molar-refractivity contribution in [3.8, 4) is 0 Å². The van der Waals surface area contributed by atoms with Gasteiger partial charge in [-0.3, -0.25) is 14.5 Å². The van der Waals surface area contributed by atoms with Crippen LogP contribution in [-0.4, -0.2) is 60.4 Å². The van der Waals surface area contributed by atoms with E-state index in [0.717, 1.165) is 25.1 Å². The fourth-order valence-corrected chi connectivity index (χ4v) is 4.37. The molecule has 1 spiro atoms. The first-order chi connectivity index (χ1) is 13.6. The summed E-state index contributed by atoms with van der Waals surface area (Å²) in [7, 11) is 2.01. The molecule has 5 nitrogen and oxygen atoms in total. The fourth-order valence-electron chi connectivity index (χ4n) is 4.37. The number of anilines is 1. The van der Waals surface area contributed by atoms with Gasteiger partial charge in [-0.05, 0) is 37.6 Å². The summed E-state index contributed by atoms with van der Waals surface area (Å²) in [5, 5.41) is 0. The standard InChI is InChI=1S/C23H27N3O2/c1-24-16-22(28)26(20-10-6-3-7-11-20)18-23(24)14-15-25(17-23)21(27)13-12-19-8-4-2-5-9-19/h2-11H,12-18H2,1H3/t23-/m0/s1. The smallest absolute Gasteiger partial charge is 0.241 e. The second-order valence-electron chi connectivity index (χ2n) is 7.95. The maximum absolute atomic E-state index is 12.8. The van der Waals surface area contributed by atoms with Gasteiger partial charge in [0.25, 0.3) is 0 Å². The normalized spacial score (nSPS) is 22.8. The second kappa shape index (κ2) is 7.76. The van der Waals surface area contributed by atoms with Gasteiger partial charge < -0.3 is 9.80 Å². The molecule has 0 unspecified atom stereocenters. The molecule has 2 amide bonds. The summed E-state index contributed by atoms with van der Waals surface area (Å²) in [6, 6.07) is 20.0. The van der Waals surface area contributed by atoms with Gasteiger partial charge in [0.15, 0.2) is 0 Å². The van der Waals surface area contributed by atoms with Crippen molar-refractivity contribution in [2.45, 2.75) is 24.8 Å². The molecule has 2 fully saturated rings. The molecule has 0 saturated carbocycles. The minimum Gasteiger partial charge on any atom is -0.341 e. The zero-order valence-corrected chi connectivity index (χ0v) is 16.4. The molecule has 2 aromatic carbocycles. The zero-order chi connectivity index (χ0) is 19.6. The van der Waals surface area contributed by atoms with Crippen LogP contribution in [0.1, 0.15) is 18.4 Å². The number of hydrogen-bond donors (Lipinski definition) is 0. The molecule has 4 rings (SSSR count). The van der Waals surface area contributed by atoms with Crippen molar-refractivity contribution in [1.29, 1.82) is 0 Å². The van der Waals surface area contributed by atoms with E-state index in [4.69, 9.17) is 0 Å². The van der Waals surface area contributed by atoms with Gasteiger partial charge in [0.1, 0.15) is 0 Å². The van der Waals surface area contributed by atoms with Crippen molar-refractivity contribution in [3.05, 3.63) is 66.2 Å². The number of likely N-dealkylation sites (N-methyl/N-ethyl adjacent to an activating group) is 1. The van der Waals surface area contributed by atoms with Crippen LogP contribution in [0.15, 0.2) is 60.7 Å². The molecule has 0 aliphatic carbocycles. The Morgan fingerprint density at radius 3 is 2.39 bits per heavy atom. The van der Waals surface area contributed by atoms with E-state index >= 15 is 0 Å². The van der Waals surface area contributed by atoms with Gasteiger partial charge in [-0.25, -0.2) is 0 Å². The Morgan fingerprint density at radius 2 is 1.68 bits per heavy atom. The van der Waals surface area contributed by atoms with Crippen LogP contribution >= 0.6 is 0 Å². The number of amides is 2. The van der Waals surface area contributed by atoms with Crippen molar-refractivity contribution in [2.75, 3.05) is 38.1 Å². The number of carbonyl (C=O) groups is 2. The lowest BCUT2D eigenvalue weighted by Gasteiger charge is -2.46. The Hall–Kier alpha value is -2.66. The molecule has 2 aliphatic heterocycles. The third-order valence-corrected chi connectivity index (χ3v) is 6.16. The highest BCUT2D eigenvalue weighted by molar-refractivity contribution is 5.96. The van der Waals surface area contributed by atoms with Gasteiger partial charge in [0.05, 0.1) is 12.1 Å². The summed E-state index contributed by atoms with van der Waals surface area (Å²) in [6.07, 6.45) is 2.20. The van der Waals surface area contributed by atoms with Crippen LogP contribution in [0, 0.1) is 0 Å². The Kier molecular flexibility index (Phi) is 5.18. The number of piperazine rings is 1. The summed E-state index contributed by atoms with van der Waals surface area (Å²) in [4.78, 5) is 31.4. The summed E-state index contributed by atoms with van der Waals surface area (Å²) < 4.78 is 0. The highest BCUT2D eigenvalue weighted by Crippen LogP contribution is 2.33. The third kappa shape index (κ3) is 3.67. The maximum atomic E-state index is 12.8. The van der Waals surface area contributed by atoms with Crippen molar-refractivity contribution in [3.63, 3.8) is 0 Å². The van der Waals surface area contributed by atoms with Gasteiger partial charge in [0, 0.05) is 31.7 Å². The van der Waals surface area contributed by atoms with Gasteiger partial charge >= 0.3 is 0 Å². The van der Waals surface area contributed by atoms with E-state index in [2.05, 4.69) is 17.0 Å². The molecular weight excluding hydrogens is 350 g/mol. The third-order valence-electron chi connectivity index (χ3n) is 6.16. The number of benzene rings is 2. The molecule has 2 saturated heterocycles. The van der Waals surface area contributed by atoms with Crippen LogP contribution in [0.25, 0.3) is 0 Å². The molecule has 0 bridgehead atoms. The van der Waals surface area contributed by atoms with E-state index in [9.17, 15) is 9.59 Å². The summed E-state index contributed by atoms with van der Waals surface area (Å²) >= 11 is 0. The Morgan fingerprint density at radius 1 is 1.00 bits per heavy atom. The van der Waals surface area contributed by atoms with Crippen LogP contribution in [0.5, 0.6) is 0 Å². The molecule has 5 heteroatoms. The first-order valence-corrected chi connectivity index (χ1v) is 9.96. The van der Waals surface area contributed by atoms with Crippen LogP contribution in [0.4, 0.5) is 5.69 Å². The van der Waals surface area contributed by atoms with Gasteiger partial charge in [0.2, 0.25) is 11.8 Å². The average Bonchev–Trinajstić information content (AvgIpc) is 3.16. The van der Waals surface area contributed by atoms with E-state index in [1.807, 2.05) is 65.4 Å². The number of carbonyl (C=O) groups excluding carboxylic acids is 2. The van der Waals surface area contributed by atoms with Crippen molar-refractivity contribution in [1.82, 2.24) is 9.80 Å². The van der Waals surface area contributed by atoms with Gasteiger partial charge in [-0.15, -0.1) is 0 Å². The monoisotopic (exact) mass is 377 g/mol. The predicted octanol–water partition coefficient (Wildman–Crippen LogP) is 2.57. The molecule has 0 N–H and O–H groups in total. The van der Waals surface area contributed by atoms with Crippen LogP contribution < -0.4 is 4.90 Å². The molecule has 146 valence electrons. The summed E-state index contributed by atoms with van der Waals surface area (Å²) in [5.74, 6) is 0.325. The molecule has 2 heterocycles. The molecule has 2 aliphatic rings. The Bertz CT molecular complexity index is 839. The number of likely N-dealkylation sites (tertiary alicyclic amines) is 1.